The first-order valence-electron chi connectivity index (χ1n) is 8.99. The first-order chi connectivity index (χ1) is 13.8. The van der Waals surface area contributed by atoms with Crippen molar-refractivity contribution in [1.82, 2.24) is 25.1 Å². The van der Waals surface area contributed by atoms with Crippen LogP contribution in [0.3, 0.4) is 0 Å². The summed E-state index contributed by atoms with van der Waals surface area (Å²) in [4.78, 5) is 10.5. The Morgan fingerprint density at radius 1 is 1.17 bits per heavy atom. The average Bonchev–Trinajstić information content (AvgIpc) is 3.07. The standard InChI is InChI=1S/C18H17Cl2F3N6/c1-10(12-3-2-11(19)8-13(12)20)29-17-15(16(27-29)18(21,22)23)25-9-14(26-17)28-6-4-24-5-7-28/h2-3,8-10,24H,4-7H2,1H3. The molecule has 1 aliphatic rings. The van der Waals surface area contributed by atoms with E-state index in [-0.39, 0.29) is 11.2 Å². The van der Waals surface area contributed by atoms with E-state index in [1.807, 2.05) is 4.90 Å². The van der Waals surface area contributed by atoms with E-state index in [9.17, 15) is 13.2 Å². The number of piperazine rings is 1. The minimum Gasteiger partial charge on any atom is -0.353 e. The lowest BCUT2D eigenvalue weighted by Crippen LogP contribution is -2.44. The maximum absolute atomic E-state index is 13.6. The summed E-state index contributed by atoms with van der Waals surface area (Å²) < 4.78 is 42.0. The molecule has 1 aliphatic heterocycles. The van der Waals surface area contributed by atoms with E-state index in [0.717, 1.165) is 13.1 Å². The molecular weight excluding hydrogens is 428 g/mol. The van der Waals surface area contributed by atoms with Crippen molar-refractivity contribution >= 4 is 40.2 Å². The van der Waals surface area contributed by atoms with Gasteiger partial charge in [0.05, 0.1) is 12.2 Å². The summed E-state index contributed by atoms with van der Waals surface area (Å²) in [6, 6.07) is 4.24. The van der Waals surface area contributed by atoms with Crippen LogP contribution in [0.5, 0.6) is 0 Å². The maximum Gasteiger partial charge on any atom is 0.437 e. The second kappa shape index (κ2) is 7.62. The number of rotatable bonds is 3. The summed E-state index contributed by atoms with van der Waals surface area (Å²) in [6.07, 6.45) is -3.28. The zero-order valence-electron chi connectivity index (χ0n) is 15.3. The Hall–Kier alpha value is -2.10. The molecule has 0 bridgehead atoms. The minimum atomic E-state index is -4.65. The van der Waals surface area contributed by atoms with Gasteiger partial charge in [-0.25, -0.2) is 14.6 Å². The molecule has 1 fully saturated rings. The number of hydrogen-bond donors (Lipinski definition) is 1. The summed E-state index contributed by atoms with van der Waals surface area (Å²) in [5.74, 6) is 0.517. The Kier molecular flexibility index (Phi) is 5.30. The molecule has 0 saturated carbocycles. The van der Waals surface area contributed by atoms with E-state index in [2.05, 4.69) is 20.4 Å². The maximum atomic E-state index is 13.6. The van der Waals surface area contributed by atoms with Gasteiger partial charge >= 0.3 is 6.18 Å². The number of halogens is 5. The molecule has 0 aliphatic carbocycles. The fourth-order valence-electron chi connectivity index (χ4n) is 3.38. The first kappa shape index (κ1) is 20.2. The van der Waals surface area contributed by atoms with Crippen molar-refractivity contribution in [3.63, 3.8) is 0 Å². The highest BCUT2D eigenvalue weighted by atomic mass is 35.5. The van der Waals surface area contributed by atoms with Gasteiger partial charge in [0.15, 0.2) is 11.3 Å². The van der Waals surface area contributed by atoms with Crippen LogP contribution in [-0.2, 0) is 6.18 Å². The van der Waals surface area contributed by atoms with E-state index in [4.69, 9.17) is 23.2 Å². The average molecular weight is 445 g/mol. The third kappa shape index (κ3) is 3.86. The van der Waals surface area contributed by atoms with Crippen LogP contribution in [0, 0.1) is 0 Å². The number of benzene rings is 1. The second-order valence-corrected chi connectivity index (χ2v) is 7.61. The molecule has 6 nitrogen and oxygen atoms in total. The van der Waals surface area contributed by atoms with E-state index < -0.39 is 17.9 Å². The molecule has 29 heavy (non-hydrogen) atoms. The summed E-state index contributed by atoms with van der Waals surface area (Å²) in [7, 11) is 0. The molecule has 2 aromatic heterocycles. The Bertz CT molecular complexity index is 1050. The van der Waals surface area contributed by atoms with E-state index in [1.165, 1.54) is 10.9 Å². The van der Waals surface area contributed by atoms with Gasteiger partial charge in [-0.1, -0.05) is 29.3 Å². The van der Waals surface area contributed by atoms with Crippen molar-refractivity contribution in [3.05, 3.63) is 45.7 Å². The molecule has 1 atom stereocenters. The van der Waals surface area contributed by atoms with Gasteiger partial charge in [0.25, 0.3) is 0 Å². The fourth-order valence-corrected chi connectivity index (χ4v) is 3.95. The summed E-state index contributed by atoms with van der Waals surface area (Å²) in [5.41, 5.74) is -0.701. The van der Waals surface area contributed by atoms with Gasteiger partial charge in [0, 0.05) is 36.2 Å². The van der Waals surface area contributed by atoms with E-state index in [0.29, 0.717) is 34.5 Å². The Morgan fingerprint density at radius 3 is 2.55 bits per heavy atom. The largest absolute Gasteiger partial charge is 0.437 e. The molecule has 1 N–H and O–H groups in total. The van der Waals surface area contributed by atoms with Gasteiger partial charge in [0.2, 0.25) is 0 Å². The Morgan fingerprint density at radius 2 is 1.90 bits per heavy atom. The molecule has 1 unspecified atom stereocenters. The van der Waals surface area contributed by atoms with Crippen molar-refractivity contribution in [3.8, 4) is 0 Å². The lowest BCUT2D eigenvalue weighted by atomic mass is 10.1. The molecule has 0 amide bonds. The van der Waals surface area contributed by atoms with Crippen LogP contribution in [0.4, 0.5) is 19.0 Å². The summed E-state index contributed by atoms with van der Waals surface area (Å²) in [6.45, 7) is 4.63. The normalized spacial score (nSPS) is 16.4. The quantitative estimate of drug-likeness (QED) is 0.656. The molecule has 0 spiro atoms. The SMILES string of the molecule is CC(c1ccc(Cl)cc1Cl)n1nc(C(F)(F)F)c2ncc(N3CCNCC3)nc21. The Labute approximate surface area is 174 Å². The third-order valence-corrected chi connectivity index (χ3v) is 5.44. The molecule has 4 rings (SSSR count). The number of fused-ring (bicyclic) bond motifs is 1. The number of hydrogen-bond acceptors (Lipinski definition) is 5. The van der Waals surface area contributed by atoms with Crippen molar-refractivity contribution in [2.45, 2.75) is 19.1 Å². The summed E-state index contributed by atoms with van der Waals surface area (Å²) >= 11 is 12.2. The van der Waals surface area contributed by atoms with Gasteiger partial charge < -0.3 is 10.2 Å². The molecule has 1 aromatic carbocycles. The van der Waals surface area contributed by atoms with Crippen molar-refractivity contribution in [2.24, 2.45) is 0 Å². The highest BCUT2D eigenvalue weighted by Crippen LogP contribution is 2.36. The number of alkyl halides is 3. The van der Waals surface area contributed by atoms with Crippen LogP contribution >= 0.6 is 23.2 Å². The molecule has 154 valence electrons. The predicted octanol–water partition coefficient (Wildman–Crippen LogP) is 4.17. The van der Waals surface area contributed by atoms with Crippen LogP contribution in [0.25, 0.3) is 11.2 Å². The van der Waals surface area contributed by atoms with Crippen molar-refractivity contribution < 1.29 is 13.2 Å². The zero-order valence-corrected chi connectivity index (χ0v) is 16.9. The molecule has 1 saturated heterocycles. The number of aromatic nitrogens is 4. The smallest absolute Gasteiger partial charge is 0.353 e. The Balaban J connectivity index is 1.86. The van der Waals surface area contributed by atoms with Crippen LogP contribution in [0.15, 0.2) is 24.4 Å². The van der Waals surface area contributed by atoms with Crippen molar-refractivity contribution in [2.75, 3.05) is 31.1 Å². The topological polar surface area (TPSA) is 58.9 Å². The van der Waals surface area contributed by atoms with Crippen LogP contribution < -0.4 is 10.2 Å². The third-order valence-electron chi connectivity index (χ3n) is 4.88. The fraction of sp³-hybridized carbons (Fsp3) is 0.389. The second-order valence-electron chi connectivity index (χ2n) is 6.77. The number of anilines is 1. The van der Waals surface area contributed by atoms with E-state index in [1.54, 1.807) is 25.1 Å². The lowest BCUT2D eigenvalue weighted by molar-refractivity contribution is -0.140. The highest BCUT2D eigenvalue weighted by Gasteiger charge is 2.39. The molecule has 11 heteroatoms. The molecular formula is C18H17Cl2F3N6. The lowest BCUT2D eigenvalue weighted by Gasteiger charge is -2.28. The van der Waals surface area contributed by atoms with Gasteiger partial charge in [-0.15, -0.1) is 0 Å². The van der Waals surface area contributed by atoms with E-state index >= 15 is 0 Å². The van der Waals surface area contributed by atoms with Gasteiger partial charge in [0.1, 0.15) is 11.3 Å². The first-order valence-corrected chi connectivity index (χ1v) is 9.74. The predicted molar refractivity (Wildman–Crippen MR) is 106 cm³/mol. The van der Waals surface area contributed by atoms with Crippen molar-refractivity contribution in [1.29, 1.82) is 0 Å². The zero-order chi connectivity index (χ0) is 20.8. The van der Waals surface area contributed by atoms with Gasteiger partial charge in [-0.3, -0.25) is 0 Å². The molecule has 3 aromatic rings. The van der Waals surface area contributed by atoms with Crippen LogP contribution in [0.1, 0.15) is 24.2 Å². The molecule has 3 heterocycles. The van der Waals surface area contributed by atoms with Gasteiger partial charge in [-0.2, -0.15) is 18.3 Å². The van der Waals surface area contributed by atoms with Crippen LogP contribution in [-0.4, -0.2) is 45.9 Å². The van der Waals surface area contributed by atoms with Crippen LogP contribution in [0.2, 0.25) is 10.0 Å². The minimum absolute atomic E-state index is 0.0619. The summed E-state index contributed by atoms with van der Waals surface area (Å²) in [5, 5.41) is 7.84. The number of nitrogens with zero attached hydrogens (tertiary/aromatic N) is 5. The molecule has 0 radical (unpaired) electrons. The highest BCUT2D eigenvalue weighted by molar-refractivity contribution is 6.35. The number of nitrogens with one attached hydrogen (secondary N) is 1. The van der Waals surface area contributed by atoms with Gasteiger partial charge in [-0.05, 0) is 24.6 Å². The monoisotopic (exact) mass is 444 g/mol.